The third kappa shape index (κ3) is 8.23. The molecule has 1 aromatic rings. The Balaban J connectivity index is 2.18. The molecule has 0 heterocycles. The highest BCUT2D eigenvalue weighted by molar-refractivity contribution is 5.79. The summed E-state index contributed by atoms with van der Waals surface area (Å²) in [6.45, 7) is 8.88. The molecule has 1 aromatic carbocycles. The minimum Gasteiger partial charge on any atom is -0.494 e. The van der Waals surface area contributed by atoms with E-state index in [1.165, 1.54) is 0 Å². The maximum absolute atomic E-state index is 5.66. The van der Waals surface area contributed by atoms with Crippen molar-refractivity contribution < 1.29 is 4.74 Å². The third-order valence-electron chi connectivity index (χ3n) is 3.17. The van der Waals surface area contributed by atoms with Gasteiger partial charge in [-0.15, -0.1) is 0 Å². The van der Waals surface area contributed by atoms with Crippen LogP contribution in [0.2, 0.25) is 0 Å². The largest absolute Gasteiger partial charge is 0.494 e. The molecule has 1 atom stereocenters. The van der Waals surface area contributed by atoms with Gasteiger partial charge in [0.1, 0.15) is 5.75 Å². The van der Waals surface area contributed by atoms with Crippen LogP contribution in [0, 0.1) is 0 Å². The molecule has 0 spiro atoms. The molecule has 0 aliphatic carbocycles. The van der Waals surface area contributed by atoms with Crippen LogP contribution in [0.1, 0.15) is 40.0 Å². The van der Waals surface area contributed by atoms with Crippen LogP contribution in [-0.2, 0) is 0 Å². The molecule has 0 bridgehead atoms. The predicted molar refractivity (Wildman–Crippen MR) is 90.0 cm³/mol. The Morgan fingerprint density at radius 1 is 1.19 bits per heavy atom. The molecule has 1 unspecified atom stereocenters. The topological polar surface area (TPSA) is 45.7 Å². The average molecular weight is 291 g/mol. The van der Waals surface area contributed by atoms with Crippen molar-refractivity contribution in [3.8, 4) is 5.75 Å². The second-order valence-corrected chi connectivity index (χ2v) is 5.08. The van der Waals surface area contributed by atoms with Crippen LogP contribution in [0.25, 0.3) is 0 Å². The number of benzene rings is 1. The summed E-state index contributed by atoms with van der Waals surface area (Å²) in [5.41, 5.74) is 0. The molecule has 0 aliphatic heterocycles. The SMILES string of the molecule is CCNC(=NCCCCOc1ccccc1)NC(C)CC. The maximum Gasteiger partial charge on any atom is 0.191 e. The van der Waals surface area contributed by atoms with Crippen LogP contribution < -0.4 is 15.4 Å². The average Bonchev–Trinajstić information content (AvgIpc) is 2.51. The molecule has 0 amide bonds. The summed E-state index contributed by atoms with van der Waals surface area (Å²) < 4.78 is 5.66. The molecule has 0 fully saturated rings. The van der Waals surface area contributed by atoms with Crippen molar-refractivity contribution in [1.82, 2.24) is 10.6 Å². The summed E-state index contributed by atoms with van der Waals surface area (Å²) in [5, 5.41) is 6.66. The monoisotopic (exact) mass is 291 g/mol. The number of rotatable bonds is 9. The number of hydrogen-bond donors (Lipinski definition) is 2. The fourth-order valence-corrected chi connectivity index (χ4v) is 1.77. The number of hydrogen-bond acceptors (Lipinski definition) is 2. The van der Waals surface area contributed by atoms with Gasteiger partial charge in [0.05, 0.1) is 6.61 Å². The van der Waals surface area contributed by atoms with Gasteiger partial charge >= 0.3 is 0 Å². The van der Waals surface area contributed by atoms with E-state index in [2.05, 4.69) is 36.4 Å². The number of aliphatic imine (C=N–C) groups is 1. The van der Waals surface area contributed by atoms with E-state index in [-0.39, 0.29) is 0 Å². The summed E-state index contributed by atoms with van der Waals surface area (Å²) in [6.07, 6.45) is 3.14. The van der Waals surface area contributed by atoms with Crippen LogP contribution in [0.15, 0.2) is 35.3 Å². The van der Waals surface area contributed by atoms with Gasteiger partial charge in [0.2, 0.25) is 0 Å². The van der Waals surface area contributed by atoms with Gasteiger partial charge in [-0.3, -0.25) is 4.99 Å². The number of unbranched alkanes of at least 4 members (excludes halogenated alkanes) is 1. The highest BCUT2D eigenvalue weighted by Gasteiger charge is 2.01. The van der Waals surface area contributed by atoms with Gasteiger partial charge in [-0.2, -0.15) is 0 Å². The maximum atomic E-state index is 5.66. The molecule has 0 saturated heterocycles. The van der Waals surface area contributed by atoms with Crippen LogP contribution in [0.4, 0.5) is 0 Å². The quantitative estimate of drug-likeness (QED) is 0.417. The van der Waals surface area contributed by atoms with E-state index >= 15 is 0 Å². The zero-order valence-electron chi connectivity index (χ0n) is 13.6. The minimum absolute atomic E-state index is 0.448. The van der Waals surface area contributed by atoms with E-state index in [1.54, 1.807) is 0 Å². The summed E-state index contributed by atoms with van der Waals surface area (Å²) in [5.74, 6) is 1.85. The summed E-state index contributed by atoms with van der Waals surface area (Å²) >= 11 is 0. The lowest BCUT2D eigenvalue weighted by Crippen LogP contribution is -2.42. The Morgan fingerprint density at radius 3 is 2.62 bits per heavy atom. The summed E-state index contributed by atoms with van der Waals surface area (Å²) in [6, 6.07) is 10.4. The van der Waals surface area contributed by atoms with Crippen LogP contribution in [0.3, 0.4) is 0 Å². The highest BCUT2D eigenvalue weighted by Crippen LogP contribution is 2.08. The molecule has 0 radical (unpaired) electrons. The first-order valence-electron chi connectivity index (χ1n) is 7.99. The van der Waals surface area contributed by atoms with Crippen molar-refractivity contribution in [3.05, 3.63) is 30.3 Å². The van der Waals surface area contributed by atoms with E-state index < -0.39 is 0 Å². The standard InChI is InChI=1S/C17H29N3O/c1-4-15(3)20-17(18-5-2)19-13-9-10-14-21-16-11-7-6-8-12-16/h6-8,11-12,15H,4-5,9-10,13-14H2,1-3H3,(H2,18,19,20). The number of guanidine groups is 1. The van der Waals surface area contributed by atoms with Gasteiger partial charge in [-0.1, -0.05) is 25.1 Å². The molecule has 2 N–H and O–H groups in total. The Bertz CT molecular complexity index is 392. The second-order valence-electron chi connectivity index (χ2n) is 5.08. The molecule has 21 heavy (non-hydrogen) atoms. The van der Waals surface area contributed by atoms with Crippen LogP contribution >= 0.6 is 0 Å². The lowest BCUT2D eigenvalue weighted by atomic mass is 10.3. The van der Waals surface area contributed by atoms with Crippen molar-refractivity contribution in [2.75, 3.05) is 19.7 Å². The molecule has 0 aromatic heterocycles. The molecular weight excluding hydrogens is 262 g/mol. The highest BCUT2D eigenvalue weighted by atomic mass is 16.5. The van der Waals surface area contributed by atoms with E-state index in [9.17, 15) is 0 Å². The van der Waals surface area contributed by atoms with Gasteiger partial charge in [0.25, 0.3) is 0 Å². The van der Waals surface area contributed by atoms with Crippen molar-refractivity contribution in [1.29, 1.82) is 0 Å². The second kappa shape index (κ2) is 11.0. The Morgan fingerprint density at radius 2 is 1.95 bits per heavy atom. The predicted octanol–water partition coefficient (Wildman–Crippen LogP) is 3.20. The lowest BCUT2D eigenvalue weighted by Gasteiger charge is -2.16. The molecule has 0 aliphatic rings. The molecule has 118 valence electrons. The van der Waals surface area contributed by atoms with Gasteiger partial charge < -0.3 is 15.4 Å². The van der Waals surface area contributed by atoms with Crippen molar-refractivity contribution in [3.63, 3.8) is 0 Å². The molecular formula is C17H29N3O. The molecule has 4 nitrogen and oxygen atoms in total. The Kier molecular flexibility index (Phi) is 9.09. The van der Waals surface area contributed by atoms with E-state index in [0.29, 0.717) is 6.04 Å². The van der Waals surface area contributed by atoms with Crippen molar-refractivity contribution in [2.45, 2.75) is 46.1 Å². The number of para-hydroxylation sites is 1. The first-order chi connectivity index (χ1) is 10.3. The van der Waals surface area contributed by atoms with Crippen molar-refractivity contribution in [2.24, 2.45) is 4.99 Å². The first kappa shape index (κ1) is 17.3. The fourth-order valence-electron chi connectivity index (χ4n) is 1.77. The smallest absolute Gasteiger partial charge is 0.191 e. The fraction of sp³-hybridized carbons (Fsp3) is 0.588. The van der Waals surface area contributed by atoms with E-state index in [0.717, 1.165) is 50.7 Å². The lowest BCUT2D eigenvalue weighted by molar-refractivity contribution is 0.308. The Hall–Kier alpha value is -1.71. The number of ether oxygens (including phenoxy) is 1. The van der Waals surface area contributed by atoms with Crippen LogP contribution in [-0.4, -0.2) is 31.7 Å². The third-order valence-corrected chi connectivity index (χ3v) is 3.17. The summed E-state index contributed by atoms with van der Waals surface area (Å²) in [4.78, 5) is 4.58. The van der Waals surface area contributed by atoms with Gasteiger partial charge in [0, 0.05) is 19.1 Å². The molecule has 1 rings (SSSR count). The van der Waals surface area contributed by atoms with Crippen LogP contribution in [0.5, 0.6) is 5.75 Å². The van der Waals surface area contributed by atoms with Crippen molar-refractivity contribution >= 4 is 5.96 Å². The van der Waals surface area contributed by atoms with E-state index in [1.807, 2.05) is 30.3 Å². The zero-order chi connectivity index (χ0) is 15.3. The van der Waals surface area contributed by atoms with E-state index in [4.69, 9.17) is 4.74 Å². The van der Waals surface area contributed by atoms with Gasteiger partial charge in [0.15, 0.2) is 5.96 Å². The number of nitrogens with zero attached hydrogens (tertiary/aromatic N) is 1. The molecule has 0 saturated carbocycles. The summed E-state index contributed by atoms with van der Waals surface area (Å²) in [7, 11) is 0. The molecule has 4 heteroatoms. The number of nitrogens with one attached hydrogen (secondary N) is 2. The van der Waals surface area contributed by atoms with Gasteiger partial charge in [-0.05, 0) is 45.2 Å². The minimum atomic E-state index is 0.448. The Labute approximate surface area is 129 Å². The first-order valence-corrected chi connectivity index (χ1v) is 7.99. The van der Waals surface area contributed by atoms with Gasteiger partial charge in [-0.25, -0.2) is 0 Å². The zero-order valence-corrected chi connectivity index (χ0v) is 13.6. The normalized spacial score (nSPS) is 12.8.